The molecule has 4 nitrogen and oxygen atoms in total. The Labute approximate surface area is 133 Å². The average molecular weight is 336 g/mol. The molecule has 0 aliphatic rings. The molecule has 3 rings (SSSR count). The summed E-state index contributed by atoms with van der Waals surface area (Å²) in [5, 5.41) is 1.43. The molecule has 1 atom stereocenters. The summed E-state index contributed by atoms with van der Waals surface area (Å²) in [7, 11) is -3.63. The maximum absolute atomic E-state index is 12.3. The number of furan rings is 1. The fourth-order valence-corrected chi connectivity index (χ4v) is 3.53. The Morgan fingerprint density at radius 2 is 1.77 bits per heavy atom. The third kappa shape index (κ3) is 3.02. The standard InChI is InChI=1S/C16H14ClNO3S/c1-11(16-10-12-4-2-3-5-15(12)21-16)18-22(19,20)14-8-6-13(17)7-9-14/h2-11,18H,1H3/t11-/m0/s1. The van der Waals surface area contributed by atoms with Crippen LogP contribution in [0.4, 0.5) is 0 Å². The number of benzene rings is 2. The van der Waals surface area contributed by atoms with Gasteiger partial charge in [-0.3, -0.25) is 0 Å². The lowest BCUT2D eigenvalue weighted by Gasteiger charge is -2.12. The van der Waals surface area contributed by atoms with E-state index in [1.807, 2.05) is 30.3 Å². The molecule has 0 bridgehead atoms. The van der Waals surface area contributed by atoms with Crippen LogP contribution in [-0.4, -0.2) is 8.42 Å². The van der Waals surface area contributed by atoms with E-state index in [1.54, 1.807) is 19.1 Å². The normalized spacial score (nSPS) is 13.4. The Morgan fingerprint density at radius 3 is 2.45 bits per heavy atom. The molecule has 0 amide bonds. The minimum atomic E-state index is -3.63. The number of nitrogens with one attached hydrogen (secondary N) is 1. The molecule has 0 saturated carbocycles. The van der Waals surface area contributed by atoms with E-state index in [0.717, 1.165) is 11.0 Å². The fraction of sp³-hybridized carbons (Fsp3) is 0.125. The summed E-state index contributed by atoms with van der Waals surface area (Å²) in [5.41, 5.74) is 0.732. The predicted octanol–water partition coefficient (Wildman–Crippen LogP) is 4.13. The number of sulfonamides is 1. The number of hydrogen-bond donors (Lipinski definition) is 1. The van der Waals surface area contributed by atoms with Gasteiger partial charge >= 0.3 is 0 Å². The molecule has 0 saturated heterocycles. The molecule has 1 heterocycles. The van der Waals surface area contributed by atoms with Crippen LogP contribution >= 0.6 is 11.6 Å². The highest BCUT2D eigenvalue weighted by Crippen LogP contribution is 2.25. The third-order valence-corrected chi connectivity index (χ3v) is 5.14. The minimum Gasteiger partial charge on any atom is -0.459 e. The lowest BCUT2D eigenvalue weighted by atomic mass is 10.2. The van der Waals surface area contributed by atoms with Crippen LogP contribution in [0.15, 0.2) is 63.9 Å². The zero-order valence-corrected chi connectivity index (χ0v) is 13.4. The van der Waals surface area contributed by atoms with Gasteiger partial charge in [-0.1, -0.05) is 29.8 Å². The molecule has 0 spiro atoms. The van der Waals surface area contributed by atoms with E-state index in [0.29, 0.717) is 10.8 Å². The molecule has 2 aromatic carbocycles. The van der Waals surface area contributed by atoms with Crippen LogP contribution in [0.2, 0.25) is 5.02 Å². The van der Waals surface area contributed by atoms with Crippen molar-refractivity contribution >= 4 is 32.6 Å². The second kappa shape index (κ2) is 5.76. The first kappa shape index (κ1) is 15.1. The average Bonchev–Trinajstić information content (AvgIpc) is 2.91. The SMILES string of the molecule is C[C@H](NS(=O)(=O)c1ccc(Cl)cc1)c1cc2ccccc2o1. The molecule has 0 fully saturated rings. The molecule has 1 N–H and O–H groups in total. The van der Waals surface area contributed by atoms with Gasteiger partial charge in [-0.2, -0.15) is 0 Å². The van der Waals surface area contributed by atoms with E-state index < -0.39 is 16.1 Å². The molecule has 3 aromatic rings. The summed E-state index contributed by atoms with van der Waals surface area (Å²) in [4.78, 5) is 0.167. The lowest BCUT2D eigenvalue weighted by Crippen LogP contribution is -2.26. The second-order valence-electron chi connectivity index (χ2n) is 4.98. The number of fused-ring (bicyclic) bond motifs is 1. The van der Waals surface area contributed by atoms with E-state index in [2.05, 4.69) is 4.72 Å². The molecule has 6 heteroatoms. The summed E-state index contributed by atoms with van der Waals surface area (Å²) in [6.45, 7) is 1.74. The maximum Gasteiger partial charge on any atom is 0.241 e. The fourth-order valence-electron chi connectivity index (χ4n) is 2.19. The Kier molecular flexibility index (Phi) is 3.95. The third-order valence-electron chi connectivity index (χ3n) is 3.33. The van der Waals surface area contributed by atoms with Crippen molar-refractivity contribution in [1.29, 1.82) is 0 Å². The lowest BCUT2D eigenvalue weighted by molar-refractivity contribution is 0.484. The predicted molar refractivity (Wildman–Crippen MR) is 86.4 cm³/mol. The highest BCUT2D eigenvalue weighted by molar-refractivity contribution is 7.89. The van der Waals surface area contributed by atoms with E-state index in [1.165, 1.54) is 12.1 Å². The van der Waals surface area contributed by atoms with Gasteiger partial charge in [0.2, 0.25) is 10.0 Å². The summed E-state index contributed by atoms with van der Waals surface area (Å²) < 4.78 is 33.0. The van der Waals surface area contributed by atoms with Gasteiger partial charge in [0.05, 0.1) is 10.9 Å². The molecule has 0 aliphatic carbocycles. The van der Waals surface area contributed by atoms with Crippen molar-refractivity contribution in [1.82, 2.24) is 4.72 Å². The van der Waals surface area contributed by atoms with Gasteiger partial charge in [-0.25, -0.2) is 13.1 Å². The summed E-state index contributed by atoms with van der Waals surface area (Å²) in [6.07, 6.45) is 0. The quantitative estimate of drug-likeness (QED) is 0.780. The van der Waals surface area contributed by atoms with Crippen molar-refractivity contribution in [3.8, 4) is 0 Å². The Bertz CT molecular complexity index is 868. The van der Waals surface area contributed by atoms with Crippen LogP contribution in [-0.2, 0) is 10.0 Å². The molecule has 114 valence electrons. The van der Waals surface area contributed by atoms with E-state index in [4.69, 9.17) is 16.0 Å². The van der Waals surface area contributed by atoms with Crippen LogP contribution in [0.25, 0.3) is 11.0 Å². The van der Waals surface area contributed by atoms with E-state index in [9.17, 15) is 8.42 Å². The molecular formula is C16H14ClNO3S. The summed E-state index contributed by atoms with van der Waals surface area (Å²) in [5.74, 6) is 0.568. The summed E-state index contributed by atoms with van der Waals surface area (Å²) >= 11 is 5.78. The summed E-state index contributed by atoms with van der Waals surface area (Å²) in [6, 6.07) is 14.9. The molecule has 0 aliphatic heterocycles. The van der Waals surface area contributed by atoms with Crippen molar-refractivity contribution in [2.45, 2.75) is 17.9 Å². The first-order valence-electron chi connectivity index (χ1n) is 6.72. The molecule has 1 aromatic heterocycles. The highest BCUT2D eigenvalue weighted by atomic mass is 35.5. The Morgan fingerprint density at radius 1 is 1.09 bits per heavy atom. The first-order valence-corrected chi connectivity index (χ1v) is 8.58. The van der Waals surface area contributed by atoms with Gasteiger partial charge < -0.3 is 4.42 Å². The van der Waals surface area contributed by atoms with Gasteiger partial charge in [0.15, 0.2) is 0 Å². The highest BCUT2D eigenvalue weighted by Gasteiger charge is 2.20. The van der Waals surface area contributed by atoms with Gasteiger partial charge in [0.25, 0.3) is 0 Å². The van der Waals surface area contributed by atoms with Crippen LogP contribution in [0.3, 0.4) is 0 Å². The minimum absolute atomic E-state index is 0.167. The van der Waals surface area contributed by atoms with Crippen LogP contribution in [0.1, 0.15) is 18.7 Å². The van der Waals surface area contributed by atoms with Crippen LogP contribution in [0, 0.1) is 0 Å². The zero-order valence-electron chi connectivity index (χ0n) is 11.8. The maximum atomic E-state index is 12.3. The van der Waals surface area contributed by atoms with Gasteiger partial charge in [0, 0.05) is 10.4 Å². The molecule has 0 unspecified atom stereocenters. The topological polar surface area (TPSA) is 59.3 Å². The van der Waals surface area contributed by atoms with Crippen molar-refractivity contribution in [2.75, 3.05) is 0 Å². The Balaban J connectivity index is 1.86. The van der Waals surface area contributed by atoms with Crippen molar-refractivity contribution in [3.63, 3.8) is 0 Å². The number of hydrogen-bond acceptors (Lipinski definition) is 3. The first-order chi connectivity index (χ1) is 10.5. The number of rotatable bonds is 4. The Hall–Kier alpha value is -1.82. The van der Waals surface area contributed by atoms with E-state index in [-0.39, 0.29) is 4.90 Å². The van der Waals surface area contributed by atoms with Crippen LogP contribution in [0.5, 0.6) is 0 Å². The van der Waals surface area contributed by atoms with E-state index >= 15 is 0 Å². The smallest absolute Gasteiger partial charge is 0.241 e. The van der Waals surface area contributed by atoms with Crippen molar-refractivity contribution in [2.24, 2.45) is 0 Å². The molecular weight excluding hydrogens is 322 g/mol. The van der Waals surface area contributed by atoms with Crippen LogP contribution < -0.4 is 4.72 Å². The molecule has 22 heavy (non-hydrogen) atoms. The molecule has 0 radical (unpaired) electrons. The van der Waals surface area contributed by atoms with Gasteiger partial charge in [-0.15, -0.1) is 0 Å². The zero-order chi connectivity index (χ0) is 15.7. The van der Waals surface area contributed by atoms with Crippen molar-refractivity contribution in [3.05, 3.63) is 65.4 Å². The second-order valence-corrected chi connectivity index (χ2v) is 7.13. The van der Waals surface area contributed by atoms with Gasteiger partial charge in [0.1, 0.15) is 11.3 Å². The largest absolute Gasteiger partial charge is 0.459 e. The van der Waals surface area contributed by atoms with Crippen molar-refractivity contribution < 1.29 is 12.8 Å². The monoisotopic (exact) mass is 335 g/mol. The van der Waals surface area contributed by atoms with Gasteiger partial charge in [-0.05, 0) is 43.3 Å². The number of para-hydroxylation sites is 1. The number of halogens is 1.